The van der Waals surface area contributed by atoms with Gasteiger partial charge in [0.2, 0.25) is 5.91 Å². The number of piperidine rings is 1. The van der Waals surface area contributed by atoms with Gasteiger partial charge >= 0.3 is 0 Å². The number of hydrogen-bond donors (Lipinski definition) is 2. The summed E-state index contributed by atoms with van der Waals surface area (Å²) in [5.41, 5.74) is 4.16. The number of nitrogens with one attached hydrogen (secondary N) is 1. The number of nitrogens with zero attached hydrogens (tertiary/aromatic N) is 2. The highest BCUT2D eigenvalue weighted by atomic mass is 16.3. The molecular formula is C30H33N3O2. The van der Waals surface area contributed by atoms with Crippen LogP contribution in [0.5, 0.6) is 0 Å². The largest absolute Gasteiger partial charge is 0.389 e. The monoisotopic (exact) mass is 467 g/mol. The third-order valence-corrected chi connectivity index (χ3v) is 7.25. The van der Waals surface area contributed by atoms with Crippen molar-refractivity contribution in [2.24, 2.45) is 0 Å². The summed E-state index contributed by atoms with van der Waals surface area (Å²) in [7, 11) is 0. The Balaban J connectivity index is 1.57. The Kier molecular flexibility index (Phi) is 7.09. The first-order valence-electron chi connectivity index (χ1n) is 12.5. The highest BCUT2D eigenvalue weighted by Gasteiger charge is 2.44. The summed E-state index contributed by atoms with van der Waals surface area (Å²) >= 11 is 0. The average Bonchev–Trinajstić information content (AvgIpc) is 2.91. The van der Waals surface area contributed by atoms with Gasteiger partial charge in [0, 0.05) is 32.7 Å². The Labute approximate surface area is 207 Å². The summed E-state index contributed by atoms with van der Waals surface area (Å²) in [6.07, 6.45) is 2.34. The summed E-state index contributed by atoms with van der Waals surface area (Å²) in [4.78, 5) is 16.5. The van der Waals surface area contributed by atoms with Crippen molar-refractivity contribution in [2.75, 3.05) is 39.3 Å². The lowest BCUT2D eigenvalue weighted by Gasteiger charge is -2.48. The van der Waals surface area contributed by atoms with Gasteiger partial charge in [0.25, 0.3) is 0 Å². The molecule has 180 valence electrons. The lowest BCUT2D eigenvalue weighted by Crippen LogP contribution is -2.53. The summed E-state index contributed by atoms with van der Waals surface area (Å²) in [5.74, 6) is 0.0664. The second kappa shape index (κ2) is 10.6. The van der Waals surface area contributed by atoms with Gasteiger partial charge in [0.05, 0.1) is 18.2 Å². The van der Waals surface area contributed by atoms with Crippen molar-refractivity contribution in [3.63, 3.8) is 0 Å². The summed E-state index contributed by atoms with van der Waals surface area (Å²) in [5, 5.41) is 13.8. The molecule has 5 rings (SSSR count). The SMILES string of the molecule is O=C1CN(C/C=C2/CN(C(c3ccccc3)(c3ccccc3)c3ccccc3)CCC2O)CCN1. The van der Waals surface area contributed by atoms with Gasteiger partial charge in [0.1, 0.15) is 0 Å². The Morgan fingerprint density at radius 2 is 1.37 bits per heavy atom. The molecule has 0 spiro atoms. The van der Waals surface area contributed by atoms with E-state index >= 15 is 0 Å². The zero-order valence-electron chi connectivity index (χ0n) is 20.0. The molecule has 0 saturated carbocycles. The molecule has 2 fully saturated rings. The van der Waals surface area contributed by atoms with E-state index in [0.717, 1.165) is 18.7 Å². The molecule has 5 nitrogen and oxygen atoms in total. The summed E-state index contributed by atoms with van der Waals surface area (Å²) in [6.45, 7) is 4.00. The first-order chi connectivity index (χ1) is 17.2. The second-order valence-electron chi connectivity index (χ2n) is 9.40. The van der Waals surface area contributed by atoms with Crippen LogP contribution in [0.4, 0.5) is 0 Å². The van der Waals surface area contributed by atoms with Gasteiger partial charge in [-0.3, -0.25) is 14.6 Å². The zero-order valence-corrected chi connectivity index (χ0v) is 20.0. The number of rotatable bonds is 6. The molecule has 0 aromatic heterocycles. The van der Waals surface area contributed by atoms with Crippen molar-refractivity contribution in [1.82, 2.24) is 15.1 Å². The Morgan fingerprint density at radius 3 is 1.89 bits per heavy atom. The lowest BCUT2D eigenvalue weighted by molar-refractivity contribution is -0.123. The minimum Gasteiger partial charge on any atom is -0.389 e. The van der Waals surface area contributed by atoms with Crippen LogP contribution in [0, 0.1) is 0 Å². The topological polar surface area (TPSA) is 55.8 Å². The predicted molar refractivity (Wildman–Crippen MR) is 139 cm³/mol. The molecule has 35 heavy (non-hydrogen) atoms. The number of aliphatic hydroxyl groups excluding tert-OH is 1. The minimum absolute atomic E-state index is 0.0664. The molecule has 2 N–H and O–H groups in total. The molecule has 1 unspecified atom stereocenters. The van der Waals surface area contributed by atoms with Gasteiger partial charge < -0.3 is 10.4 Å². The molecule has 0 radical (unpaired) electrons. The van der Waals surface area contributed by atoms with Crippen LogP contribution in [0.3, 0.4) is 0 Å². The number of carbonyl (C=O) groups is 1. The van der Waals surface area contributed by atoms with Crippen LogP contribution < -0.4 is 5.32 Å². The number of carbonyl (C=O) groups excluding carboxylic acids is 1. The number of likely N-dealkylation sites (tertiary alicyclic amines) is 1. The van der Waals surface area contributed by atoms with Gasteiger partial charge in [-0.05, 0) is 28.7 Å². The van der Waals surface area contributed by atoms with Crippen LogP contribution in [0.25, 0.3) is 0 Å². The Morgan fingerprint density at radius 1 is 0.829 bits per heavy atom. The molecule has 0 bridgehead atoms. The van der Waals surface area contributed by atoms with Crippen molar-refractivity contribution in [3.05, 3.63) is 119 Å². The number of amides is 1. The molecule has 2 aliphatic heterocycles. The first kappa shape index (κ1) is 23.5. The van der Waals surface area contributed by atoms with Gasteiger partial charge in [-0.2, -0.15) is 0 Å². The van der Waals surface area contributed by atoms with E-state index in [9.17, 15) is 9.90 Å². The maximum Gasteiger partial charge on any atom is 0.234 e. The summed E-state index contributed by atoms with van der Waals surface area (Å²) < 4.78 is 0. The number of benzene rings is 3. The third kappa shape index (κ3) is 4.80. The molecule has 2 saturated heterocycles. The van der Waals surface area contributed by atoms with Gasteiger partial charge in [-0.25, -0.2) is 0 Å². The first-order valence-corrected chi connectivity index (χ1v) is 12.5. The van der Waals surface area contributed by atoms with E-state index < -0.39 is 11.6 Å². The van der Waals surface area contributed by atoms with E-state index in [1.807, 2.05) is 0 Å². The Hall–Kier alpha value is -3.25. The molecule has 0 aliphatic carbocycles. The van der Waals surface area contributed by atoms with Crippen LogP contribution in [-0.4, -0.2) is 66.2 Å². The lowest BCUT2D eigenvalue weighted by atomic mass is 9.74. The quantitative estimate of drug-likeness (QED) is 0.431. The predicted octanol–water partition coefficient (Wildman–Crippen LogP) is 3.40. The van der Waals surface area contributed by atoms with E-state index in [2.05, 4.69) is 112 Å². The summed E-state index contributed by atoms with van der Waals surface area (Å²) in [6, 6.07) is 32.1. The van der Waals surface area contributed by atoms with Crippen LogP contribution in [0.2, 0.25) is 0 Å². The Bertz CT molecular complexity index is 1050. The maximum absolute atomic E-state index is 11.8. The molecule has 3 aromatic carbocycles. The fourth-order valence-electron chi connectivity index (χ4n) is 5.53. The molecule has 1 amide bonds. The minimum atomic E-state index is -0.492. The standard InChI is InChI=1S/C30H33N3O2/c34-28-17-20-33(22-24(28)16-19-32-21-18-31-29(35)23-32)30(25-10-4-1-5-11-25,26-12-6-2-7-13-26)27-14-8-3-9-15-27/h1-16,28,34H,17-23H2,(H,31,35)/b24-16-. The highest BCUT2D eigenvalue weighted by molar-refractivity contribution is 5.78. The van der Waals surface area contributed by atoms with Crippen molar-refractivity contribution in [3.8, 4) is 0 Å². The van der Waals surface area contributed by atoms with Crippen LogP contribution in [0.15, 0.2) is 103 Å². The van der Waals surface area contributed by atoms with Crippen LogP contribution in [-0.2, 0) is 10.3 Å². The fourth-order valence-corrected chi connectivity index (χ4v) is 5.53. The smallest absolute Gasteiger partial charge is 0.234 e. The molecule has 5 heteroatoms. The zero-order chi connectivity index (χ0) is 24.1. The average molecular weight is 468 g/mol. The van der Waals surface area contributed by atoms with Crippen LogP contribution in [0.1, 0.15) is 23.1 Å². The molecule has 1 atom stereocenters. The highest BCUT2D eigenvalue weighted by Crippen LogP contribution is 2.44. The van der Waals surface area contributed by atoms with Gasteiger partial charge in [0.15, 0.2) is 0 Å². The van der Waals surface area contributed by atoms with Gasteiger partial charge in [-0.1, -0.05) is 97.1 Å². The van der Waals surface area contributed by atoms with Crippen LogP contribution >= 0.6 is 0 Å². The molecule has 2 heterocycles. The molecule has 2 aliphatic rings. The van der Waals surface area contributed by atoms with E-state index in [4.69, 9.17) is 0 Å². The molecular weight excluding hydrogens is 434 g/mol. The molecule has 3 aromatic rings. The second-order valence-corrected chi connectivity index (χ2v) is 9.40. The maximum atomic E-state index is 11.8. The number of piperazine rings is 1. The fraction of sp³-hybridized carbons (Fsp3) is 0.300. The van der Waals surface area contributed by atoms with E-state index in [-0.39, 0.29) is 5.91 Å². The third-order valence-electron chi connectivity index (χ3n) is 7.25. The van der Waals surface area contributed by atoms with Crippen molar-refractivity contribution >= 4 is 5.91 Å². The van der Waals surface area contributed by atoms with Crippen molar-refractivity contribution < 1.29 is 9.90 Å². The van der Waals surface area contributed by atoms with Crippen molar-refractivity contribution in [1.29, 1.82) is 0 Å². The number of hydrogen-bond acceptors (Lipinski definition) is 4. The van der Waals surface area contributed by atoms with Crippen molar-refractivity contribution in [2.45, 2.75) is 18.1 Å². The van der Waals surface area contributed by atoms with E-state index in [1.165, 1.54) is 16.7 Å². The van der Waals surface area contributed by atoms with Gasteiger partial charge in [-0.15, -0.1) is 0 Å². The van der Waals surface area contributed by atoms with E-state index in [0.29, 0.717) is 32.6 Å². The number of aliphatic hydroxyl groups is 1. The normalized spacial score (nSPS) is 21.1. The van der Waals surface area contributed by atoms with E-state index in [1.54, 1.807) is 0 Å².